The van der Waals surface area contributed by atoms with Crippen LogP contribution in [0.4, 0.5) is 5.69 Å². The molecule has 2 aromatic rings. The van der Waals surface area contributed by atoms with E-state index >= 15 is 0 Å². The van der Waals surface area contributed by atoms with Gasteiger partial charge in [0.15, 0.2) is 11.5 Å². The third-order valence-corrected chi connectivity index (χ3v) is 6.57. The number of hydrogen-bond acceptors (Lipinski definition) is 5. The Morgan fingerprint density at radius 2 is 1.74 bits per heavy atom. The van der Waals surface area contributed by atoms with Crippen molar-refractivity contribution in [2.24, 2.45) is 0 Å². The highest BCUT2D eigenvalue weighted by Gasteiger charge is 2.26. The fraction of sp³-hybridized carbons (Fsp3) is 0.316. The lowest BCUT2D eigenvalue weighted by atomic mass is 10.2. The number of carbonyl (C=O) groups excluding carboxylic acids is 1. The molecule has 0 aliphatic carbocycles. The van der Waals surface area contributed by atoms with E-state index in [0.29, 0.717) is 30.3 Å². The van der Waals surface area contributed by atoms with Gasteiger partial charge in [0.2, 0.25) is 16.8 Å². The number of hydrogen-bond donors (Lipinski definition) is 1. The lowest BCUT2D eigenvalue weighted by Gasteiger charge is -2.26. The lowest BCUT2D eigenvalue weighted by Crippen LogP contribution is -2.35. The largest absolute Gasteiger partial charge is 0.454 e. The smallest absolute Gasteiger partial charge is 0.255 e. The number of carbonyl (C=O) groups is 1. The van der Waals surface area contributed by atoms with Gasteiger partial charge in [-0.25, -0.2) is 8.42 Å². The molecule has 2 aliphatic heterocycles. The first kappa shape index (κ1) is 17.8. The van der Waals surface area contributed by atoms with Crippen molar-refractivity contribution in [1.82, 2.24) is 4.31 Å². The van der Waals surface area contributed by atoms with E-state index in [0.717, 1.165) is 19.3 Å². The predicted molar refractivity (Wildman–Crippen MR) is 99.6 cm³/mol. The van der Waals surface area contributed by atoms with E-state index in [-0.39, 0.29) is 23.2 Å². The van der Waals surface area contributed by atoms with Crippen LogP contribution in [0.5, 0.6) is 11.5 Å². The summed E-state index contributed by atoms with van der Waals surface area (Å²) in [6.45, 7) is 1.20. The van der Waals surface area contributed by atoms with E-state index in [9.17, 15) is 13.2 Å². The number of sulfonamides is 1. The molecule has 2 heterocycles. The van der Waals surface area contributed by atoms with Crippen molar-refractivity contribution < 1.29 is 22.7 Å². The molecule has 2 aliphatic rings. The molecule has 1 N–H and O–H groups in total. The molecule has 7 nitrogen and oxygen atoms in total. The fourth-order valence-corrected chi connectivity index (χ4v) is 4.79. The molecule has 0 radical (unpaired) electrons. The predicted octanol–water partition coefficient (Wildman–Crippen LogP) is 2.84. The first-order valence-corrected chi connectivity index (χ1v) is 10.3. The summed E-state index contributed by atoms with van der Waals surface area (Å²) in [4.78, 5) is 12.7. The minimum atomic E-state index is -3.58. The zero-order valence-electron chi connectivity index (χ0n) is 14.7. The van der Waals surface area contributed by atoms with Gasteiger partial charge in [-0.3, -0.25) is 4.79 Å². The number of ether oxygens (including phenoxy) is 2. The zero-order valence-corrected chi connectivity index (χ0v) is 15.5. The van der Waals surface area contributed by atoms with Crippen LogP contribution in [0.1, 0.15) is 29.6 Å². The van der Waals surface area contributed by atoms with Crippen molar-refractivity contribution in [3.8, 4) is 11.5 Å². The van der Waals surface area contributed by atoms with Crippen LogP contribution in [0, 0.1) is 0 Å². The van der Waals surface area contributed by atoms with E-state index in [1.165, 1.54) is 16.4 Å². The fourth-order valence-electron chi connectivity index (χ4n) is 3.23. The van der Waals surface area contributed by atoms with Gasteiger partial charge in [-0.1, -0.05) is 12.5 Å². The Morgan fingerprint density at radius 3 is 2.56 bits per heavy atom. The third-order valence-electron chi connectivity index (χ3n) is 4.68. The number of fused-ring (bicyclic) bond motifs is 1. The molecule has 1 fully saturated rings. The standard InChI is InChI=1S/C19H20N2O5S/c22-19(20-15-7-8-17-18(12-15)26-13-25-17)14-5-4-6-16(11-14)27(23,24)21-9-2-1-3-10-21/h4-8,11-12H,1-3,9-10,13H2,(H,20,22). The highest BCUT2D eigenvalue weighted by atomic mass is 32.2. The topological polar surface area (TPSA) is 84.9 Å². The van der Waals surface area contributed by atoms with Crippen molar-refractivity contribution in [2.75, 3.05) is 25.2 Å². The summed E-state index contributed by atoms with van der Waals surface area (Å²) in [5.74, 6) is 0.807. The number of benzene rings is 2. The van der Waals surface area contributed by atoms with E-state index in [1.54, 1.807) is 30.3 Å². The number of piperidine rings is 1. The maximum Gasteiger partial charge on any atom is 0.255 e. The van der Waals surface area contributed by atoms with Crippen LogP contribution >= 0.6 is 0 Å². The molecular weight excluding hydrogens is 368 g/mol. The highest BCUT2D eigenvalue weighted by Crippen LogP contribution is 2.34. The van der Waals surface area contributed by atoms with Crippen LogP contribution in [-0.2, 0) is 10.0 Å². The van der Waals surface area contributed by atoms with Crippen LogP contribution < -0.4 is 14.8 Å². The van der Waals surface area contributed by atoms with Crippen molar-refractivity contribution in [1.29, 1.82) is 0 Å². The second-order valence-electron chi connectivity index (χ2n) is 6.51. The van der Waals surface area contributed by atoms with E-state index in [2.05, 4.69) is 5.32 Å². The van der Waals surface area contributed by atoms with Crippen LogP contribution in [-0.4, -0.2) is 38.5 Å². The van der Waals surface area contributed by atoms with Crippen LogP contribution in [0.3, 0.4) is 0 Å². The zero-order chi connectivity index (χ0) is 18.9. The molecule has 0 atom stereocenters. The average molecular weight is 388 g/mol. The number of nitrogens with one attached hydrogen (secondary N) is 1. The van der Waals surface area contributed by atoms with Gasteiger partial charge >= 0.3 is 0 Å². The van der Waals surface area contributed by atoms with Gasteiger partial charge in [0, 0.05) is 30.4 Å². The van der Waals surface area contributed by atoms with Gasteiger partial charge in [-0.15, -0.1) is 0 Å². The average Bonchev–Trinajstić information content (AvgIpc) is 3.16. The summed E-state index contributed by atoms with van der Waals surface area (Å²) in [5, 5.41) is 2.76. The quantitative estimate of drug-likeness (QED) is 0.871. The van der Waals surface area contributed by atoms with E-state index in [4.69, 9.17) is 9.47 Å². The number of nitrogens with zero attached hydrogens (tertiary/aromatic N) is 1. The number of amides is 1. The summed E-state index contributed by atoms with van der Waals surface area (Å²) in [7, 11) is -3.58. The van der Waals surface area contributed by atoms with Crippen LogP contribution in [0.2, 0.25) is 0 Å². The van der Waals surface area contributed by atoms with Gasteiger partial charge < -0.3 is 14.8 Å². The third kappa shape index (κ3) is 3.63. The van der Waals surface area contributed by atoms with Gasteiger partial charge in [-0.05, 0) is 43.2 Å². The molecule has 1 amide bonds. The summed E-state index contributed by atoms with van der Waals surface area (Å²) in [6.07, 6.45) is 2.77. The molecule has 8 heteroatoms. The van der Waals surface area contributed by atoms with Gasteiger partial charge in [0.1, 0.15) is 0 Å². The second-order valence-corrected chi connectivity index (χ2v) is 8.45. The number of anilines is 1. The Bertz CT molecular complexity index is 968. The monoisotopic (exact) mass is 388 g/mol. The van der Waals surface area contributed by atoms with E-state index in [1.807, 2.05) is 0 Å². The molecule has 0 aromatic heterocycles. The summed E-state index contributed by atoms with van der Waals surface area (Å²) < 4.78 is 37.7. The van der Waals surface area contributed by atoms with Gasteiger partial charge in [0.05, 0.1) is 4.90 Å². The summed E-state index contributed by atoms with van der Waals surface area (Å²) >= 11 is 0. The molecule has 0 unspecified atom stereocenters. The normalized spacial score (nSPS) is 16.9. The van der Waals surface area contributed by atoms with Gasteiger partial charge in [0.25, 0.3) is 5.91 Å². The first-order valence-electron chi connectivity index (χ1n) is 8.85. The van der Waals surface area contributed by atoms with Crippen LogP contribution in [0.15, 0.2) is 47.4 Å². The van der Waals surface area contributed by atoms with Crippen molar-refractivity contribution in [2.45, 2.75) is 24.2 Å². The molecule has 0 saturated carbocycles. The van der Waals surface area contributed by atoms with Crippen molar-refractivity contribution in [3.63, 3.8) is 0 Å². The maximum atomic E-state index is 12.8. The Morgan fingerprint density at radius 1 is 0.963 bits per heavy atom. The summed E-state index contributed by atoms with van der Waals surface area (Å²) in [5.41, 5.74) is 0.833. The second kappa shape index (κ2) is 7.21. The molecule has 27 heavy (non-hydrogen) atoms. The van der Waals surface area contributed by atoms with Crippen LogP contribution in [0.25, 0.3) is 0 Å². The molecule has 2 aromatic carbocycles. The highest BCUT2D eigenvalue weighted by molar-refractivity contribution is 7.89. The van der Waals surface area contributed by atoms with Crippen molar-refractivity contribution >= 4 is 21.6 Å². The Balaban J connectivity index is 1.54. The number of rotatable bonds is 4. The molecule has 1 saturated heterocycles. The first-order chi connectivity index (χ1) is 13.0. The van der Waals surface area contributed by atoms with Gasteiger partial charge in [-0.2, -0.15) is 4.31 Å². The minimum Gasteiger partial charge on any atom is -0.454 e. The minimum absolute atomic E-state index is 0.141. The SMILES string of the molecule is O=C(Nc1ccc2c(c1)OCO2)c1cccc(S(=O)(=O)N2CCCCC2)c1. The maximum absolute atomic E-state index is 12.8. The molecule has 142 valence electrons. The lowest BCUT2D eigenvalue weighted by molar-refractivity contribution is 0.102. The molecular formula is C19H20N2O5S. The Kier molecular flexibility index (Phi) is 4.75. The van der Waals surface area contributed by atoms with E-state index < -0.39 is 10.0 Å². The van der Waals surface area contributed by atoms with Crippen molar-refractivity contribution in [3.05, 3.63) is 48.0 Å². The molecule has 0 spiro atoms. The Labute approximate surface area is 157 Å². The molecule has 4 rings (SSSR count). The molecule has 0 bridgehead atoms. The summed E-state index contributed by atoms with van der Waals surface area (Å²) in [6, 6.07) is 11.2. The Hall–Kier alpha value is -2.58.